The molecule has 0 spiro atoms. The summed E-state index contributed by atoms with van der Waals surface area (Å²) >= 11 is 1.58. The van der Waals surface area contributed by atoms with Gasteiger partial charge in [-0.3, -0.25) is 0 Å². The molecule has 0 radical (unpaired) electrons. The van der Waals surface area contributed by atoms with Crippen molar-refractivity contribution in [1.82, 2.24) is 0 Å². The van der Waals surface area contributed by atoms with Crippen LogP contribution in [0.4, 0.5) is 0 Å². The highest BCUT2D eigenvalue weighted by Gasteiger charge is 2.36. The van der Waals surface area contributed by atoms with E-state index in [1.165, 1.54) is 0 Å². The van der Waals surface area contributed by atoms with Gasteiger partial charge in [-0.25, -0.2) is 9.98 Å². The Hall–Kier alpha value is -2.73. The molecule has 0 amide bonds. The second-order valence-electron chi connectivity index (χ2n) is 5.46. The van der Waals surface area contributed by atoms with E-state index in [1.807, 2.05) is 48.5 Å². The van der Waals surface area contributed by atoms with Gasteiger partial charge in [-0.1, -0.05) is 11.8 Å². The number of hydrogen-bond acceptors (Lipinski definition) is 6. The summed E-state index contributed by atoms with van der Waals surface area (Å²) in [6.07, 6.45) is 5.13. The molecule has 0 aliphatic carbocycles. The van der Waals surface area contributed by atoms with Gasteiger partial charge >= 0.3 is 0 Å². The fraction of sp³-hybridized carbons (Fsp3) is 0.158. The van der Waals surface area contributed by atoms with E-state index in [0.717, 1.165) is 22.8 Å². The van der Waals surface area contributed by atoms with E-state index >= 15 is 0 Å². The average Bonchev–Trinajstić information content (AvgIpc) is 3.41. The number of hydrogen-bond donors (Lipinski definition) is 0. The van der Waals surface area contributed by atoms with Gasteiger partial charge in [-0.15, -0.1) is 0 Å². The van der Waals surface area contributed by atoms with Crippen LogP contribution in [0.1, 0.15) is 28.4 Å². The van der Waals surface area contributed by atoms with Gasteiger partial charge in [0.2, 0.25) is 0 Å². The minimum absolute atomic E-state index is 0.0177. The Bertz CT molecular complexity index is 868. The van der Waals surface area contributed by atoms with Crippen LogP contribution in [0, 0.1) is 0 Å². The number of thioether (sulfide) groups is 1. The first kappa shape index (κ1) is 15.8. The molecular weight excluding hydrogens is 336 g/mol. The van der Waals surface area contributed by atoms with E-state index in [4.69, 9.17) is 18.6 Å². The van der Waals surface area contributed by atoms with Crippen molar-refractivity contribution in [2.45, 2.75) is 11.3 Å². The molecule has 3 heterocycles. The standard InChI is InChI=1S/C19H16N2O3S/c1-22-14-8-6-13(7-9-14)12-20-19-21-17(15-4-2-10-23-15)18(25-19)16-5-3-11-24-16/h2-12,17-18H,1H3/t17-,18-/m1/s1. The minimum Gasteiger partial charge on any atom is -0.497 e. The lowest BCUT2D eigenvalue weighted by Crippen LogP contribution is -1.99. The molecule has 0 saturated carbocycles. The average molecular weight is 352 g/mol. The third kappa shape index (κ3) is 3.39. The summed E-state index contributed by atoms with van der Waals surface area (Å²) in [5.41, 5.74) is 0.986. The quantitative estimate of drug-likeness (QED) is 0.628. The molecule has 25 heavy (non-hydrogen) atoms. The molecule has 126 valence electrons. The molecule has 0 N–H and O–H groups in total. The second kappa shape index (κ2) is 7.03. The summed E-state index contributed by atoms with van der Waals surface area (Å²) in [5, 5.41) is 0.725. The summed E-state index contributed by atoms with van der Waals surface area (Å²) in [6, 6.07) is 15.2. The number of amidine groups is 1. The van der Waals surface area contributed by atoms with Crippen LogP contribution in [0.5, 0.6) is 5.75 Å². The monoisotopic (exact) mass is 352 g/mol. The minimum atomic E-state index is -0.144. The van der Waals surface area contributed by atoms with Crippen LogP contribution in [0.3, 0.4) is 0 Å². The Kier molecular flexibility index (Phi) is 4.43. The number of rotatable bonds is 4. The highest BCUT2D eigenvalue weighted by Crippen LogP contribution is 2.48. The number of methoxy groups -OCH3 is 1. The molecule has 6 heteroatoms. The van der Waals surface area contributed by atoms with Crippen LogP contribution >= 0.6 is 11.8 Å². The van der Waals surface area contributed by atoms with Gasteiger partial charge in [-0.2, -0.15) is 0 Å². The highest BCUT2D eigenvalue weighted by atomic mass is 32.2. The largest absolute Gasteiger partial charge is 0.497 e. The van der Waals surface area contributed by atoms with Crippen LogP contribution in [0.25, 0.3) is 0 Å². The van der Waals surface area contributed by atoms with E-state index < -0.39 is 0 Å². The molecule has 3 aromatic rings. The van der Waals surface area contributed by atoms with E-state index in [1.54, 1.807) is 37.6 Å². The van der Waals surface area contributed by atoms with Crippen molar-refractivity contribution >= 4 is 23.1 Å². The molecule has 1 aliphatic heterocycles. The van der Waals surface area contributed by atoms with Gasteiger partial charge in [0.1, 0.15) is 28.6 Å². The van der Waals surface area contributed by atoms with Crippen LogP contribution in [-0.2, 0) is 0 Å². The Morgan fingerprint density at radius 3 is 2.40 bits per heavy atom. The molecular formula is C19H16N2O3S. The summed E-state index contributed by atoms with van der Waals surface area (Å²) in [7, 11) is 1.65. The van der Waals surface area contributed by atoms with E-state index in [2.05, 4.69) is 4.99 Å². The third-order valence-electron chi connectivity index (χ3n) is 3.87. The summed E-state index contributed by atoms with van der Waals surface area (Å²) in [6.45, 7) is 0. The molecule has 0 saturated heterocycles. The van der Waals surface area contributed by atoms with Gasteiger partial charge in [0, 0.05) is 6.21 Å². The zero-order chi connectivity index (χ0) is 17.1. The number of nitrogens with zero attached hydrogens (tertiary/aromatic N) is 2. The normalized spacial score (nSPS) is 20.1. The first-order valence-corrected chi connectivity index (χ1v) is 8.71. The van der Waals surface area contributed by atoms with Gasteiger partial charge in [0.15, 0.2) is 5.17 Å². The molecule has 5 nitrogen and oxygen atoms in total. The Labute approximate surface area is 149 Å². The number of aliphatic imine (C=N–C) groups is 2. The fourth-order valence-corrected chi connectivity index (χ4v) is 3.71. The first-order valence-electron chi connectivity index (χ1n) is 7.83. The Balaban J connectivity index is 1.57. The lowest BCUT2D eigenvalue weighted by molar-refractivity contribution is 0.415. The number of ether oxygens (including phenoxy) is 1. The highest BCUT2D eigenvalue weighted by molar-refractivity contribution is 8.14. The smallest absolute Gasteiger partial charge is 0.184 e. The van der Waals surface area contributed by atoms with Crippen LogP contribution in [0.15, 0.2) is 79.9 Å². The molecule has 0 unspecified atom stereocenters. The van der Waals surface area contributed by atoms with Gasteiger partial charge in [0.05, 0.1) is 19.6 Å². The van der Waals surface area contributed by atoms with Crippen molar-refractivity contribution in [3.05, 3.63) is 78.1 Å². The lowest BCUT2D eigenvalue weighted by atomic mass is 10.1. The van der Waals surface area contributed by atoms with E-state index in [0.29, 0.717) is 5.17 Å². The van der Waals surface area contributed by atoms with Crippen molar-refractivity contribution in [3.63, 3.8) is 0 Å². The molecule has 1 aromatic carbocycles. The van der Waals surface area contributed by atoms with Crippen molar-refractivity contribution in [3.8, 4) is 5.75 Å². The molecule has 1 aliphatic rings. The summed E-state index contributed by atoms with van der Waals surface area (Å²) in [5.74, 6) is 2.49. The maximum absolute atomic E-state index is 5.58. The Morgan fingerprint density at radius 1 is 1.04 bits per heavy atom. The maximum atomic E-state index is 5.58. The fourth-order valence-electron chi connectivity index (χ4n) is 2.62. The molecule has 2 aromatic heterocycles. The van der Waals surface area contributed by atoms with E-state index in [-0.39, 0.29) is 11.3 Å². The first-order chi connectivity index (χ1) is 12.3. The molecule has 4 rings (SSSR count). The maximum Gasteiger partial charge on any atom is 0.184 e. The molecule has 0 fully saturated rings. The van der Waals surface area contributed by atoms with Crippen LogP contribution < -0.4 is 4.74 Å². The predicted molar refractivity (Wildman–Crippen MR) is 98.5 cm³/mol. The van der Waals surface area contributed by atoms with Gasteiger partial charge < -0.3 is 13.6 Å². The Morgan fingerprint density at radius 2 is 1.76 bits per heavy atom. The van der Waals surface area contributed by atoms with Crippen molar-refractivity contribution in [1.29, 1.82) is 0 Å². The van der Waals surface area contributed by atoms with Gasteiger partial charge in [-0.05, 0) is 54.1 Å². The van der Waals surface area contributed by atoms with Crippen molar-refractivity contribution in [2.24, 2.45) is 9.98 Å². The molecule has 0 bridgehead atoms. The second-order valence-corrected chi connectivity index (χ2v) is 6.57. The third-order valence-corrected chi connectivity index (χ3v) is 5.03. The van der Waals surface area contributed by atoms with E-state index in [9.17, 15) is 0 Å². The summed E-state index contributed by atoms with van der Waals surface area (Å²) < 4.78 is 16.3. The predicted octanol–water partition coefficient (Wildman–Crippen LogP) is 4.89. The zero-order valence-electron chi connectivity index (χ0n) is 13.5. The van der Waals surface area contributed by atoms with Crippen LogP contribution in [0.2, 0.25) is 0 Å². The van der Waals surface area contributed by atoms with Crippen LogP contribution in [-0.4, -0.2) is 18.5 Å². The van der Waals surface area contributed by atoms with Crippen molar-refractivity contribution in [2.75, 3.05) is 7.11 Å². The number of furan rings is 2. The number of benzene rings is 1. The van der Waals surface area contributed by atoms with Crippen molar-refractivity contribution < 1.29 is 13.6 Å². The topological polar surface area (TPSA) is 60.2 Å². The lowest BCUT2D eigenvalue weighted by Gasteiger charge is -2.11. The zero-order valence-corrected chi connectivity index (χ0v) is 14.3. The molecule has 2 atom stereocenters. The SMILES string of the molecule is COc1ccc(C=NC2=N[C@H](c3ccco3)[C@@H](c3ccco3)S2)cc1. The van der Waals surface area contributed by atoms with Gasteiger partial charge in [0.25, 0.3) is 0 Å². The summed E-state index contributed by atoms with van der Waals surface area (Å²) in [4.78, 5) is 9.25.